The van der Waals surface area contributed by atoms with Gasteiger partial charge in [0, 0.05) is 6.07 Å². The lowest BCUT2D eigenvalue weighted by molar-refractivity contribution is -0.386. The van der Waals surface area contributed by atoms with Crippen molar-refractivity contribution in [2.45, 2.75) is 19.7 Å². The van der Waals surface area contributed by atoms with Crippen LogP contribution < -0.4 is 0 Å². The zero-order chi connectivity index (χ0) is 12.5. The molecule has 0 aromatic heterocycles. The zero-order valence-electron chi connectivity index (χ0n) is 8.21. The van der Waals surface area contributed by atoms with E-state index in [-0.39, 0.29) is 11.1 Å². The Morgan fingerprint density at radius 2 is 2.00 bits per heavy atom. The number of rotatable bonds is 2. The van der Waals surface area contributed by atoms with Crippen LogP contribution in [0.25, 0.3) is 0 Å². The van der Waals surface area contributed by atoms with E-state index in [2.05, 4.69) is 0 Å². The topological polar surface area (TPSA) is 63.4 Å². The summed E-state index contributed by atoms with van der Waals surface area (Å²) in [7, 11) is 0. The Morgan fingerprint density at radius 1 is 1.44 bits per heavy atom. The van der Waals surface area contributed by atoms with Gasteiger partial charge in [0.15, 0.2) is 0 Å². The van der Waals surface area contributed by atoms with Crippen LogP contribution in [-0.2, 0) is 12.8 Å². The van der Waals surface area contributed by atoms with Crippen LogP contribution in [0.2, 0.25) is 0 Å². The van der Waals surface area contributed by atoms with Crippen molar-refractivity contribution < 1.29 is 23.2 Å². The van der Waals surface area contributed by atoms with E-state index < -0.39 is 29.0 Å². The van der Waals surface area contributed by atoms with Gasteiger partial charge in [-0.05, 0) is 18.6 Å². The predicted molar refractivity (Wildman–Crippen MR) is 48.8 cm³/mol. The highest BCUT2D eigenvalue weighted by Crippen LogP contribution is 2.35. The van der Waals surface area contributed by atoms with Gasteiger partial charge in [-0.25, -0.2) is 0 Å². The van der Waals surface area contributed by atoms with E-state index in [1.807, 2.05) is 0 Å². The second-order valence-electron chi connectivity index (χ2n) is 3.21. The standard InChI is InChI=1S/C9H8F3NO3/c1-5-2-6(4-14)8(13(15)16)3-7(5)9(10,11)12/h2-3,14H,4H2,1H3. The number of hydrogen-bond donors (Lipinski definition) is 1. The van der Waals surface area contributed by atoms with Crippen LogP contribution in [-0.4, -0.2) is 10.0 Å². The fourth-order valence-corrected chi connectivity index (χ4v) is 1.36. The quantitative estimate of drug-likeness (QED) is 0.632. The largest absolute Gasteiger partial charge is 0.416 e. The van der Waals surface area contributed by atoms with Crippen LogP contribution >= 0.6 is 0 Å². The molecule has 0 radical (unpaired) electrons. The van der Waals surface area contributed by atoms with Gasteiger partial charge >= 0.3 is 6.18 Å². The normalized spacial score (nSPS) is 11.6. The lowest BCUT2D eigenvalue weighted by Gasteiger charge is -2.11. The molecule has 0 bridgehead atoms. The molecule has 7 heteroatoms. The van der Waals surface area contributed by atoms with Crippen molar-refractivity contribution in [2.75, 3.05) is 0 Å². The zero-order valence-corrected chi connectivity index (χ0v) is 8.21. The monoisotopic (exact) mass is 235 g/mol. The summed E-state index contributed by atoms with van der Waals surface area (Å²) < 4.78 is 37.3. The van der Waals surface area contributed by atoms with Crippen LogP contribution in [0.15, 0.2) is 12.1 Å². The number of aryl methyl sites for hydroxylation is 1. The van der Waals surface area contributed by atoms with E-state index in [1.54, 1.807) is 0 Å². The van der Waals surface area contributed by atoms with Crippen LogP contribution in [0, 0.1) is 17.0 Å². The number of nitro groups is 1. The molecule has 1 aromatic carbocycles. The SMILES string of the molecule is Cc1cc(CO)c([N+](=O)[O-])cc1C(F)(F)F. The van der Waals surface area contributed by atoms with Gasteiger partial charge < -0.3 is 5.11 Å². The fraction of sp³-hybridized carbons (Fsp3) is 0.333. The van der Waals surface area contributed by atoms with Crippen molar-refractivity contribution in [3.8, 4) is 0 Å². The van der Waals surface area contributed by atoms with E-state index in [4.69, 9.17) is 5.11 Å². The third kappa shape index (κ3) is 2.30. The molecule has 0 atom stereocenters. The Labute approximate surface area is 88.5 Å². The Bertz CT molecular complexity index is 429. The van der Waals surface area contributed by atoms with Crippen LogP contribution in [0.5, 0.6) is 0 Å². The van der Waals surface area contributed by atoms with Crippen LogP contribution in [0.1, 0.15) is 16.7 Å². The third-order valence-electron chi connectivity index (χ3n) is 2.10. The molecule has 0 spiro atoms. The van der Waals surface area contributed by atoms with Crippen molar-refractivity contribution in [1.29, 1.82) is 0 Å². The molecule has 88 valence electrons. The average molecular weight is 235 g/mol. The number of alkyl halides is 3. The minimum atomic E-state index is -4.64. The van der Waals surface area contributed by atoms with Gasteiger partial charge in [0.1, 0.15) is 0 Å². The van der Waals surface area contributed by atoms with E-state index in [0.29, 0.717) is 6.07 Å². The molecule has 0 heterocycles. The molecule has 0 fully saturated rings. The molecule has 0 aliphatic rings. The van der Waals surface area contributed by atoms with Crippen molar-refractivity contribution >= 4 is 5.69 Å². The number of benzene rings is 1. The minimum Gasteiger partial charge on any atom is -0.391 e. The van der Waals surface area contributed by atoms with Gasteiger partial charge in [-0.3, -0.25) is 10.1 Å². The summed E-state index contributed by atoms with van der Waals surface area (Å²) in [5.41, 5.74) is -2.06. The van der Waals surface area contributed by atoms with Crippen molar-refractivity contribution in [3.05, 3.63) is 38.9 Å². The number of halogens is 3. The van der Waals surface area contributed by atoms with Gasteiger partial charge in [0.25, 0.3) is 5.69 Å². The molecule has 1 aromatic rings. The Balaban J connectivity index is 3.45. The molecule has 0 amide bonds. The second-order valence-corrected chi connectivity index (χ2v) is 3.21. The number of nitro benzene ring substituents is 1. The van der Waals surface area contributed by atoms with Crippen molar-refractivity contribution in [2.24, 2.45) is 0 Å². The van der Waals surface area contributed by atoms with Crippen molar-refractivity contribution in [3.63, 3.8) is 0 Å². The summed E-state index contributed by atoms with van der Waals surface area (Å²) in [6.45, 7) is 0.515. The molecule has 1 rings (SSSR count). The first-order chi connectivity index (χ1) is 7.27. The van der Waals surface area contributed by atoms with Crippen LogP contribution in [0.3, 0.4) is 0 Å². The van der Waals surface area contributed by atoms with Gasteiger partial charge in [0.05, 0.1) is 22.7 Å². The Kier molecular flexibility index (Phi) is 3.18. The molecule has 0 saturated heterocycles. The molecular weight excluding hydrogens is 227 g/mol. The average Bonchev–Trinajstić information content (AvgIpc) is 2.14. The maximum absolute atomic E-state index is 12.4. The maximum atomic E-state index is 12.4. The fourth-order valence-electron chi connectivity index (χ4n) is 1.36. The number of aliphatic hydroxyl groups excluding tert-OH is 1. The first-order valence-electron chi connectivity index (χ1n) is 4.23. The van der Waals surface area contributed by atoms with Gasteiger partial charge in [-0.15, -0.1) is 0 Å². The van der Waals surface area contributed by atoms with Crippen LogP contribution in [0.4, 0.5) is 18.9 Å². The third-order valence-corrected chi connectivity index (χ3v) is 2.10. The summed E-state index contributed by atoms with van der Waals surface area (Å²) >= 11 is 0. The summed E-state index contributed by atoms with van der Waals surface area (Å²) in [5.74, 6) is 0. The first kappa shape index (κ1) is 12.4. The molecule has 0 aliphatic carbocycles. The highest BCUT2D eigenvalue weighted by molar-refractivity contribution is 5.47. The molecule has 4 nitrogen and oxygen atoms in total. The smallest absolute Gasteiger partial charge is 0.391 e. The maximum Gasteiger partial charge on any atom is 0.416 e. The Morgan fingerprint density at radius 3 is 2.38 bits per heavy atom. The minimum absolute atomic E-state index is 0.129. The molecule has 1 N–H and O–H groups in total. The number of aliphatic hydroxyl groups is 1. The molecule has 0 saturated carbocycles. The van der Waals surface area contributed by atoms with E-state index >= 15 is 0 Å². The van der Waals surface area contributed by atoms with Crippen molar-refractivity contribution in [1.82, 2.24) is 0 Å². The summed E-state index contributed by atoms with van der Waals surface area (Å²) in [5, 5.41) is 19.3. The highest BCUT2D eigenvalue weighted by Gasteiger charge is 2.34. The molecular formula is C9H8F3NO3. The van der Waals surface area contributed by atoms with E-state index in [1.165, 1.54) is 6.92 Å². The molecule has 0 unspecified atom stereocenters. The lowest BCUT2D eigenvalue weighted by Crippen LogP contribution is -2.09. The first-order valence-corrected chi connectivity index (χ1v) is 4.23. The van der Waals surface area contributed by atoms with Gasteiger partial charge in [-0.1, -0.05) is 0 Å². The summed E-state index contributed by atoms with van der Waals surface area (Å²) in [6, 6.07) is 1.42. The predicted octanol–water partition coefficient (Wildman–Crippen LogP) is 2.41. The van der Waals surface area contributed by atoms with Gasteiger partial charge in [-0.2, -0.15) is 13.2 Å². The second kappa shape index (κ2) is 4.09. The highest BCUT2D eigenvalue weighted by atomic mass is 19.4. The molecule has 16 heavy (non-hydrogen) atoms. The number of nitrogens with zero attached hydrogens (tertiary/aromatic N) is 1. The van der Waals surface area contributed by atoms with E-state index in [0.717, 1.165) is 6.07 Å². The number of hydrogen-bond acceptors (Lipinski definition) is 3. The van der Waals surface area contributed by atoms with E-state index in [9.17, 15) is 23.3 Å². The lowest BCUT2D eigenvalue weighted by atomic mass is 10.0. The Hall–Kier alpha value is -1.63. The van der Waals surface area contributed by atoms with Gasteiger partial charge in [0.2, 0.25) is 0 Å². The summed E-state index contributed by atoms with van der Waals surface area (Å²) in [4.78, 5) is 9.55. The summed E-state index contributed by atoms with van der Waals surface area (Å²) in [6.07, 6.45) is -4.64. The molecule has 0 aliphatic heterocycles.